The van der Waals surface area contributed by atoms with Crippen molar-refractivity contribution in [1.29, 1.82) is 0 Å². The van der Waals surface area contributed by atoms with Gasteiger partial charge >= 0.3 is 0 Å². The smallest absolute Gasteiger partial charge is 0.251 e. The zero-order valence-corrected chi connectivity index (χ0v) is 20.9. The lowest BCUT2D eigenvalue weighted by Crippen LogP contribution is -2.33. The van der Waals surface area contributed by atoms with Crippen LogP contribution < -0.4 is 10.6 Å². The standard InChI is InChI=1S/C26H31N5O2S/c1-6-12-31-24(23(17(2)3)28-25(33)20-10-8-7-9-11-20)29-30-26(31)34-16-22(32)27-21-14-18(4)13-19(5)15-21/h6-11,13-15,17,23H,1,12,16H2,2-5H3,(H,27,32)(H,28,33)/t23-/m0/s1. The van der Waals surface area contributed by atoms with Crippen LogP contribution in [0.2, 0.25) is 0 Å². The molecule has 0 saturated heterocycles. The molecule has 2 amide bonds. The molecule has 3 rings (SSSR count). The Morgan fingerprint density at radius 2 is 1.76 bits per heavy atom. The fraction of sp³-hybridized carbons (Fsp3) is 0.308. The third-order valence-corrected chi connectivity index (χ3v) is 6.13. The summed E-state index contributed by atoms with van der Waals surface area (Å²) in [6.45, 7) is 12.4. The Morgan fingerprint density at radius 3 is 2.38 bits per heavy atom. The van der Waals surface area contributed by atoms with Gasteiger partial charge in [0, 0.05) is 17.8 Å². The molecular weight excluding hydrogens is 446 g/mol. The van der Waals surface area contributed by atoms with Crippen LogP contribution in [0.25, 0.3) is 0 Å². The lowest BCUT2D eigenvalue weighted by molar-refractivity contribution is -0.113. The number of nitrogens with one attached hydrogen (secondary N) is 2. The fourth-order valence-electron chi connectivity index (χ4n) is 3.66. The molecule has 8 heteroatoms. The molecule has 1 heterocycles. The molecule has 2 aromatic carbocycles. The van der Waals surface area contributed by atoms with Crippen LogP contribution in [-0.2, 0) is 11.3 Å². The predicted octanol–water partition coefficient (Wildman–Crippen LogP) is 4.94. The van der Waals surface area contributed by atoms with E-state index in [-0.39, 0.29) is 29.5 Å². The van der Waals surface area contributed by atoms with Gasteiger partial charge in [0.1, 0.15) is 0 Å². The van der Waals surface area contributed by atoms with E-state index in [1.807, 2.05) is 62.6 Å². The number of aryl methyl sites for hydroxylation is 2. The molecule has 1 aromatic heterocycles. The quantitative estimate of drug-likeness (QED) is 0.319. The van der Waals surface area contributed by atoms with E-state index in [9.17, 15) is 9.59 Å². The molecule has 7 nitrogen and oxygen atoms in total. The highest BCUT2D eigenvalue weighted by Gasteiger charge is 2.26. The zero-order chi connectivity index (χ0) is 24.7. The van der Waals surface area contributed by atoms with Gasteiger partial charge in [-0.25, -0.2) is 0 Å². The summed E-state index contributed by atoms with van der Waals surface area (Å²) in [5, 5.41) is 15.3. The van der Waals surface area contributed by atoms with Crippen molar-refractivity contribution < 1.29 is 9.59 Å². The van der Waals surface area contributed by atoms with Gasteiger partial charge in [0.25, 0.3) is 5.91 Å². The molecule has 0 aliphatic heterocycles. The van der Waals surface area contributed by atoms with Gasteiger partial charge in [-0.1, -0.05) is 56.0 Å². The Kier molecular flexibility index (Phi) is 8.65. The molecule has 0 aliphatic carbocycles. The number of carbonyl (C=O) groups is 2. The number of benzene rings is 2. The van der Waals surface area contributed by atoms with Crippen molar-refractivity contribution in [3.63, 3.8) is 0 Å². The van der Waals surface area contributed by atoms with Crippen molar-refractivity contribution in [3.8, 4) is 0 Å². The van der Waals surface area contributed by atoms with Gasteiger partial charge in [-0.15, -0.1) is 16.8 Å². The van der Waals surface area contributed by atoms with E-state index in [2.05, 4.69) is 33.5 Å². The van der Waals surface area contributed by atoms with Crippen LogP contribution in [0.3, 0.4) is 0 Å². The lowest BCUT2D eigenvalue weighted by atomic mass is 10.0. The summed E-state index contributed by atoms with van der Waals surface area (Å²) in [5.41, 5.74) is 3.55. The molecule has 178 valence electrons. The monoisotopic (exact) mass is 477 g/mol. The summed E-state index contributed by atoms with van der Waals surface area (Å²) >= 11 is 1.30. The minimum atomic E-state index is -0.349. The SMILES string of the molecule is C=CCn1c(SCC(=O)Nc2cc(C)cc(C)c2)nnc1[C@@H](NC(=O)c1ccccc1)C(C)C. The Bertz CT molecular complexity index is 1140. The van der Waals surface area contributed by atoms with Crippen molar-refractivity contribution in [2.24, 2.45) is 5.92 Å². The van der Waals surface area contributed by atoms with Crippen molar-refractivity contribution in [3.05, 3.63) is 83.7 Å². The number of hydrogen-bond acceptors (Lipinski definition) is 5. The molecule has 0 spiro atoms. The maximum Gasteiger partial charge on any atom is 0.251 e. The van der Waals surface area contributed by atoms with Crippen LogP contribution in [0.1, 0.15) is 47.2 Å². The first-order chi connectivity index (χ1) is 16.3. The van der Waals surface area contributed by atoms with Crippen molar-refractivity contribution in [1.82, 2.24) is 20.1 Å². The Labute approximate surface area is 205 Å². The number of aromatic nitrogens is 3. The molecule has 34 heavy (non-hydrogen) atoms. The highest BCUT2D eigenvalue weighted by molar-refractivity contribution is 7.99. The van der Waals surface area contributed by atoms with E-state index in [1.54, 1.807) is 18.2 Å². The highest BCUT2D eigenvalue weighted by Crippen LogP contribution is 2.26. The summed E-state index contributed by atoms with van der Waals surface area (Å²) in [4.78, 5) is 25.4. The zero-order valence-electron chi connectivity index (χ0n) is 20.0. The van der Waals surface area contributed by atoms with Gasteiger partial charge in [0.2, 0.25) is 5.91 Å². The minimum absolute atomic E-state index is 0.0751. The molecule has 0 radical (unpaired) electrons. The first-order valence-corrected chi connectivity index (χ1v) is 12.2. The van der Waals surface area contributed by atoms with Crippen molar-refractivity contribution >= 4 is 29.3 Å². The number of allylic oxidation sites excluding steroid dienone is 1. The molecule has 0 saturated carbocycles. The van der Waals surface area contributed by atoms with Gasteiger partial charge < -0.3 is 15.2 Å². The van der Waals surface area contributed by atoms with Gasteiger partial charge in [0.05, 0.1) is 11.8 Å². The average Bonchev–Trinajstić information content (AvgIpc) is 3.18. The van der Waals surface area contributed by atoms with Gasteiger partial charge in [-0.2, -0.15) is 0 Å². The van der Waals surface area contributed by atoms with Gasteiger partial charge in [-0.3, -0.25) is 9.59 Å². The van der Waals surface area contributed by atoms with E-state index >= 15 is 0 Å². The van der Waals surface area contributed by atoms with E-state index in [1.165, 1.54) is 11.8 Å². The molecule has 0 unspecified atom stereocenters. The molecule has 1 atom stereocenters. The molecule has 0 bridgehead atoms. The third kappa shape index (κ3) is 6.57. The number of nitrogens with zero attached hydrogens (tertiary/aromatic N) is 3. The van der Waals surface area contributed by atoms with Crippen LogP contribution in [0.5, 0.6) is 0 Å². The molecule has 0 aliphatic rings. The molecular formula is C26H31N5O2S. The highest BCUT2D eigenvalue weighted by atomic mass is 32.2. The van der Waals surface area contributed by atoms with E-state index in [4.69, 9.17) is 0 Å². The van der Waals surface area contributed by atoms with E-state index in [0.29, 0.717) is 23.1 Å². The topological polar surface area (TPSA) is 88.9 Å². The Morgan fingerprint density at radius 1 is 1.09 bits per heavy atom. The van der Waals surface area contributed by atoms with Crippen molar-refractivity contribution in [2.45, 2.75) is 45.4 Å². The first-order valence-electron chi connectivity index (χ1n) is 11.2. The molecule has 0 fully saturated rings. The van der Waals surface area contributed by atoms with Crippen LogP contribution >= 0.6 is 11.8 Å². The minimum Gasteiger partial charge on any atom is -0.342 e. The summed E-state index contributed by atoms with van der Waals surface area (Å²) in [5.74, 6) is 0.602. The Hall–Kier alpha value is -3.39. The predicted molar refractivity (Wildman–Crippen MR) is 137 cm³/mol. The number of thioether (sulfide) groups is 1. The number of hydrogen-bond donors (Lipinski definition) is 2. The molecule has 2 N–H and O–H groups in total. The van der Waals surface area contributed by atoms with Crippen LogP contribution in [0.4, 0.5) is 5.69 Å². The van der Waals surface area contributed by atoms with E-state index < -0.39 is 0 Å². The average molecular weight is 478 g/mol. The fourth-order valence-corrected chi connectivity index (χ4v) is 4.41. The summed E-state index contributed by atoms with van der Waals surface area (Å²) < 4.78 is 1.90. The van der Waals surface area contributed by atoms with Crippen LogP contribution in [0.15, 0.2) is 66.3 Å². The second-order valence-corrected chi connectivity index (χ2v) is 9.46. The first kappa shape index (κ1) is 25.2. The maximum atomic E-state index is 12.8. The van der Waals surface area contributed by atoms with E-state index in [0.717, 1.165) is 16.8 Å². The largest absolute Gasteiger partial charge is 0.342 e. The normalized spacial score (nSPS) is 11.8. The van der Waals surface area contributed by atoms with Gasteiger partial charge in [0.15, 0.2) is 11.0 Å². The summed E-state index contributed by atoms with van der Waals surface area (Å²) in [7, 11) is 0. The second kappa shape index (κ2) is 11.7. The van der Waals surface area contributed by atoms with Crippen molar-refractivity contribution in [2.75, 3.05) is 11.1 Å². The number of carbonyl (C=O) groups excluding carboxylic acids is 2. The third-order valence-electron chi connectivity index (χ3n) is 5.16. The van der Waals surface area contributed by atoms with Gasteiger partial charge in [-0.05, 0) is 55.2 Å². The summed E-state index contributed by atoms with van der Waals surface area (Å²) in [6.07, 6.45) is 1.75. The van der Waals surface area contributed by atoms with Crippen LogP contribution in [0, 0.1) is 19.8 Å². The lowest BCUT2D eigenvalue weighted by Gasteiger charge is -2.22. The maximum absolute atomic E-state index is 12.8. The van der Waals surface area contributed by atoms with Crippen LogP contribution in [-0.4, -0.2) is 32.3 Å². The summed E-state index contributed by atoms with van der Waals surface area (Å²) in [6, 6.07) is 14.7. The molecule has 3 aromatic rings. The number of amides is 2. The number of rotatable bonds is 10. The second-order valence-electron chi connectivity index (χ2n) is 8.51. The Balaban J connectivity index is 1.74. The number of anilines is 1.